The number of nitrogens with one attached hydrogen (secondary N) is 1. The normalized spacial score (nSPS) is 12.2. The minimum absolute atomic E-state index is 0.327. The molecule has 2 rings (SSSR count). The highest BCUT2D eigenvalue weighted by Gasteiger charge is 2.18. The standard InChI is InChI=1S/C17H20F2N2/c1-4-20-17(15-11-13(18)8-9-16(15)19)12-6-5-7-14(10-12)21(2)3/h5-11,17,20H,4H2,1-3H3. The molecule has 2 aromatic carbocycles. The second kappa shape index (κ2) is 6.68. The summed E-state index contributed by atoms with van der Waals surface area (Å²) in [6.45, 7) is 2.60. The number of halogens is 2. The van der Waals surface area contributed by atoms with Gasteiger partial charge in [0.1, 0.15) is 11.6 Å². The van der Waals surface area contributed by atoms with Crippen molar-refractivity contribution in [2.24, 2.45) is 0 Å². The summed E-state index contributed by atoms with van der Waals surface area (Å²) < 4.78 is 27.5. The molecular formula is C17H20F2N2. The van der Waals surface area contributed by atoms with Gasteiger partial charge in [0.05, 0.1) is 6.04 Å². The van der Waals surface area contributed by atoms with Crippen LogP contribution in [0.5, 0.6) is 0 Å². The second-order valence-corrected chi connectivity index (χ2v) is 5.15. The van der Waals surface area contributed by atoms with E-state index in [2.05, 4.69) is 5.32 Å². The zero-order valence-corrected chi connectivity index (χ0v) is 12.5. The maximum absolute atomic E-state index is 14.1. The highest BCUT2D eigenvalue weighted by Crippen LogP contribution is 2.27. The largest absolute Gasteiger partial charge is 0.378 e. The van der Waals surface area contributed by atoms with Gasteiger partial charge in [-0.15, -0.1) is 0 Å². The zero-order valence-electron chi connectivity index (χ0n) is 12.5. The summed E-state index contributed by atoms with van der Waals surface area (Å²) in [7, 11) is 3.90. The number of hydrogen-bond acceptors (Lipinski definition) is 2. The maximum Gasteiger partial charge on any atom is 0.128 e. The number of hydrogen-bond donors (Lipinski definition) is 1. The molecule has 0 aliphatic rings. The van der Waals surface area contributed by atoms with Crippen molar-refractivity contribution in [2.45, 2.75) is 13.0 Å². The van der Waals surface area contributed by atoms with E-state index in [1.54, 1.807) is 0 Å². The Kier molecular flexibility index (Phi) is 4.91. The van der Waals surface area contributed by atoms with Gasteiger partial charge in [0.2, 0.25) is 0 Å². The Hall–Kier alpha value is -1.94. The van der Waals surface area contributed by atoms with E-state index in [4.69, 9.17) is 0 Å². The van der Waals surface area contributed by atoms with Crippen LogP contribution >= 0.6 is 0 Å². The number of rotatable bonds is 5. The van der Waals surface area contributed by atoms with Gasteiger partial charge in [-0.25, -0.2) is 8.78 Å². The van der Waals surface area contributed by atoms with Crippen LogP contribution in [0.3, 0.4) is 0 Å². The first-order valence-corrected chi connectivity index (χ1v) is 6.98. The summed E-state index contributed by atoms with van der Waals surface area (Å²) in [4.78, 5) is 1.98. The molecule has 1 atom stereocenters. The molecule has 4 heteroatoms. The van der Waals surface area contributed by atoms with E-state index in [1.165, 1.54) is 12.1 Å². The van der Waals surface area contributed by atoms with E-state index in [-0.39, 0.29) is 6.04 Å². The number of nitrogens with zero attached hydrogens (tertiary/aromatic N) is 1. The third-order valence-corrected chi connectivity index (χ3v) is 3.40. The highest BCUT2D eigenvalue weighted by molar-refractivity contribution is 5.49. The van der Waals surface area contributed by atoms with E-state index >= 15 is 0 Å². The number of benzene rings is 2. The fourth-order valence-corrected chi connectivity index (χ4v) is 2.33. The minimum atomic E-state index is -0.432. The van der Waals surface area contributed by atoms with Gasteiger partial charge in [-0.05, 0) is 42.4 Å². The monoisotopic (exact) mass is 290 g/mol. The molecule has 0 amide bonds. The maximum atomic E-state index is 14.1. The van der Waals surface area contributed by atoms with Crippen LogP contribution in [0.2, 0.25) is 0 Å². The molecule has 0 aromatic heterocycles. The molecule has 112 valence electrons. The summed E-state index contributed by atoms with van der Waals surface area (Å²) in [6, 6.07) is 11.0. The first-order chi connectivity index (χ1) is 10.0. The summed E-state index contributed by atoms with van der Waals surface area (Å²) in [5.41, 5.74) is 2.26. The molecule has 0 spiro atoms. The fourth-order valence-electron chi connectivity index (χ4n) is 2.33. The van der Waals surface area contributed by atoms with Crippen LogP contribution in [-0.2, 0) is 0 Å². The summed E-state index contributed by atoms with van der Waals surface area (Å²) in [6.07, 6.45) is 0. The summed E-state index contributed by atoms with van der Waals surface area (Å²) in [5.74, 6) is -0.837. The van der Waals surface area contributed by atoms with Gasteiger partial charge >= 0.3 is 0 Å². The van der Waals surface area contributed by atoms with Gasteiger partial charge < -0.3 is 10.2 Å². The average molecular weight is 290 g/mol. The van der Waals surface area contributed by atoms with E-state index in [0.717, 1.165) is 17.3 Å². The van der Waals surface area contributed by atoms with Gasteiger partial charge in [-0.3, -0.25) is 0 Å². The zero-order chi connectivity index (χ0) is 15.4. The Bertz CT molecular complexity index is 611. The van der Waals surface area contributed by atoms with Crippen molar-refractivity contribution in [1.82, 2.24) is 5.32 Å². The SMILES string of the molecule is CCNC(c1cccc(N(C)C)c1)c1cc(F)ccc1F. The van der Waals surface area contributed by atoms with Crippen LogP contribution in [0.25, 0.3) is 0 Å². The van der Waals surface area contributed by atoms with Crippen LogP contribution in [0.15, 0.2) is 42.5 Å². The number of anilines is 1. The first-order valence-electron chi connectivity index (χ1n) is 6.98. The third-order valence-electron chi connectivity index (χ3n) is 3.40. The lowest BCUT2D eigenvalue weighted by atomic mass is 9.97. The van der Waals surface area contributed by atoms with E-state index < -0.39 is 11.6 Å². The van der Waals surface area contributed by atoms with E-state index in [1.807, 2.05) is 50.2 Å². The molecule has 0 radical (unpaired) electrons. The minimum Gasteiger partial charge on any atom is -0.378 e. The van der Waals surface area contributed by atoms with Crippen molar-refractivity contribution in [3.63, 3.8) is 0 Å². The van der Waals surface area contributed by atoms with Gasteiger partial charge in [0.15, 0.2) is 0 Å². The molecule has 2 nitrogen and oxygen atoms in total. The van der Waals surface area contributed by atoms with Crippen molar-refractivity contribution in [1.29, 1.82) is 0 Å². The fraction of sp³-hybridized carbons (Fsp3) is 0.294. The van der Waals surface area contributed by atoms with Crippen LogP contribution in [0.4, 0.5) is 14.5 Å². The Morgan fingerprint density at radius 2 is 1.86 bits per heavy atom. The van der Waals surface area contributed by atoms with Crippen molar-refractivity contribution < 1.29 is 8.78 Å². The van der Waals surface area contributed by atoms with Crippen molar-refractivity contribution >= 4 is 5.69 Å². The van der Waals surface area contributed by atoms with Crippen molar-refractivity contribution in [2.75, 3.05) is 25.5 Å². The summed E-state index contributed by atoms with van der Waals surface area (Å²) in [5, 5.41) is 3.22. The Morgan fingerprint density at radius 1 is 1.10 bits per heavy atom. The summed E-state index contributed by atoms with van der Waals surface area (Å²) >= 11 is 0. The van der Waals surface area contributed by atoms with Crippen LogP contribution in [0.1, 0.15) is 24.1 Å². The highest BCUT2D eigenvalue weighted by atomic mass is 19.1. The molecule has 21 heavy (non-hydrogen) atoms. The molecule has 0 fully saturated rings. The Morgan fingerprint density at radius 3 is 2.52 bits per heavy atom. The quantitative estimate of drug-likeness (QED) is 0.902. The molecule has 0 saturated heterocycles. The van der Waals surface area contributed by atoms with Crippen LogP contribution < -0.4 is 10.2 Å². The van der Waals surface area contributed by atoms with Crippen LogP contribution in [-0.4, -0.2) is 20.6 Å². The molecule has 0 aliphatic carbocycles. The molecule has 1 N–H and O–H groups in total. The Labute approximate surface area is 124 Å². The molecule has 0 bridgehead atoms. The average Bonchev–Trinajstić information content (AvgIpc) is 2.47. The van der Waals surface area contributed by atoms with Crippen molar-refractivity contribution in [3.05, 3.63) is 65.2 Å². The smallest absolute Gasteiger partial charge is 0.128 e. The van der Waals surface area contributed by atoms with E-state index in [0.29, 0.717) is 12.1 Å². The third kappa shape index (κ3) is 3.58. The molecule has 2 aromatic rings. The molecular weight excluding hydrogens is 270 g/mol. The Balaban J connectivity index is 2.48. The molecule has 0 aliphatic heterocycles. The lowest BCUT2D eigenvalue weighted by molar-refractivity contribution is 0.545. The van der Waals surface area contributed by atoms with Gasteiger partial charge in [0, 0.05) is 25.3 Å². The predicted molar refractivity (Wildman–Crippen MR) is 82.6 cm³/mol. The molecule has 1 unspecified atom stereocenters. The first kappa shape index (κ1) is 15.4. The predicted octanol–water partition coefficient (Wildman–Crippen LogP) is 3.73. The van der Waals surface area contributed by atoms with Crippen molar-refractivity contribution in [3.8, 4) is 0 Å². The van der Waals surface area contributed by atoms with Gasteiger partial charge in [0.25, 0.3) is 0 Å². The lowest BCUT2D eigenvalue weighted by Crippen LogP contribution is -2.23. The lowest BCUT2D eigenvalue weighted by Gasteiger charge is -2.22. The van der Waals surface area contributed by atoms with Gasteiger partial charge in [-0.1, -0.05) is 19.1 Å². The topological polar surface area (TPSA) is 15.3 Å². The molecule has 0 saturated carbocycles. The molecule has 0 heterocycles. The second-order valence-electron chi connectivity index (χ2n) is 5.15. The van der Waals surface area contributed by atoms with E-state index in [9.17, 15) is 8.78 Å². The van der Waals surface area contributed by atoms with Gasteiger partial charge in [-0.2, -0.15) is 0 Å². The van der Waals surface area contributed by atoms with Crippen LogP contribution in [0, 0.1) is 11.6 Å².